The van der Waals surface area contributed by atoms with Crippen LogP contribution in [0, 0.1) is 11.3 Å². The minimum atomic E-state index is -3.03. The molecular formula is C14H16N2O4S. The van der Waals surface area contributed by atoms with E-state index in [9.17, 15) is 13.2 Å². The summed E-state index contributed by atoms with van der Waals surface area (Å²) in [5.74, 6) is 0.155. The Morgan fingerprint density at radius 3 is 2.90 bits per heavy atom. The van der Waals surface area contributed by atoms with Crippen LogP contribution in [0.3, 0.4) is 0 Å². The molecule has 1 amide bonds. The molecule has 1 saturated heterocycles. The molecule has 112 valence electrons. The summed E-state index contributed by atoms with van der Waals surface area (Å²) in [6, 6.07) is 8.15. The van der Waals surface area contributed by atoms with Crippen LogP contribution in [0.4, 0.5) is 0 Å². The van der Waals surface area contributed by atoms with Gasteiger partial charge in [0.25, 0.3) is 5.91 Å². The van der Waals surface area contributed by atoms with Crippen molar-refractivity contribution in [3.8, 4) is 11.8 Å². The van der Waals surface area contributed by atoms with Gasteiger partial charge in [-0.05, 0) is 31.5 Å². The van der Waals surface area contributed by atoms with Gasteiger partial charge in [-0.2, -0.15) is 5.26 Å². The number of ether oxygens (including phenoxy) is 1. The number of hydrogen-bond donors (Lipinski definition) is 1. The second-order valence-electron chi connectivity index (χ2n) is 5.01. The SMILES string of the molecule is C[C@@H](Oc1cccc(C#N)c1)C(=O)N[C@H]1CCS(=O)(=O)C1. The van der Waals surface area contributed by atoms with Gasteiger partial charge >= 0.3 is 0 Å². The minimum absolute atomic E-state index is 0.0185. The summed E-state index contributed by atoms with van der Waals surface area (Å²) in [5.41, 5.74) is 0.446. The summed E-state index contributed by atoms with van der Waals surface area (Å²) in [4.78, 5) is 12.0. The van der Waals surface area contributed by atoms with Crippen LogP contribution in [0.2, 0.25) is 0 Å². The zero-order chi connectivity index (χ0) is 15.5. The fourth-order valence-corrected chi connectivity index (χ4v) is 3.80. The van der Waals surface area contributed by atoms with Gasteiger partial charge in [0, 0.05) is 6.04 Å². The molecule has 1 heterocycles. The zero-order valence-electron chi connectivity index (χ0n) is 11.6. The average molecular weight is 308 g/mol. The Hall–Kier alpha value is -2.07. The maximum Gasteiger partial charge on any atom is 0.261 e. The lowest BCUT2D eigenvalue weighted by Gasteiger charge is -2.17. The molecule has 2 atom stereocenters. The Morgan fingerprint density at radius 1 is 1.52 bits per heavy atom. The fraction of sp³-hybridized carbons (Fsp3) is 0.429. The van der Waals surface area contributed by atoms with Crippen LogP contribution in [-0.4, -0.2) is 38.0 Å². The van der Waals surface area contributed by atoms with Crippen LogP contribution < -0.4 is 10.1 Å². The molecular weight excluding hydrogens is 292 g/mol. The minimum Gasteiger partial charge on any atom is -0.481 e. The van der Waals surface area contributed by atoms with E-state index in [-0.39, 0.29) is 23.5 Å². The molecule has 0 aliphatic carbocycles. The molecule has 0 unspecified atom stereocenters. The van der Waals surface area contributed by atoms with Crippen molar-refractivity contribution >= 4 is 15.7 Å². The summed E-state index contributed by atoms with van der Waals surface area (Å²) < 4.78 is 28.1. The van der Waals surface area contributed by atoms with E-state index in [2.05, 4.69) is 5.32 Å². The van der Waals surface area contributed by atoms with Gasteiger partial charge in [0.1, 0.15) is 5.75 Å². The number of benzene rings is 1. The molecule has 21 heavy (non-hydrogen) atoms. The summed E-state index contributed by atoms with van der Waals surface area (Å²) in [7, 11) is -3.03. The molecule has 0 aromatic heterocycles. The Labute approximate surface area is 123 Å². The average Bonchev–Trinajstić information content (AvgIpc) is 2.78. The number of carbonyl (C=O) groups excluding carboxylic acids is 1. The summed E-state index contributed by atoms with van der Waals surface area (Å²) >= 11 is 0. The largest absolute Gasteiger partial charge is 0.481 e. The van der Waals surface area contributed by atoms with E-state index in [1.54, 1.807) is 31.2 Å². The van der Waals surface area contributed by atoms with Gasteiger partial charge < -0.3 is 10.1 Å². The van der Waals surface area contributed by atoms with Crippen molar-refractivity contribution < 1.29 is 17.9 Å². The predicted octanol–water partition coefficient (Wildman–Crippen LogP) is 0.629. The van der Waals surface area contributed by atoms with Crippen molar-refractivity contribution in [2.24, 2.45) is 0 Å². The molecule has 0 spiro atoms. The fourth-order valence-electron chi connectivity index (χ4n) is 2.12. The highest BCUT2D eigenvalue weighted by Crippen LogP contribution is 2.15. The van der Waals surface area contributed by atoms with Gasteiger partial charge in [-0.3, -0.25) is 4.79 Å². The molecule has 1 aromatic carbocycles. The van der Waals surface area contributed by atoms with Gasteiger partial charge in [0.15, 0.2) is 15.9 Å². The van der Waals surface area contributed by atoms with Crippen molar-refractivity contribution in [3.05, 3.63) is 29.8 Å². The number of carbonyl (C=O) groups is 1. The first-order chi connectivity index (χ1) is 9.89. The van der Waals surface area contributed by atoms with Crippen molar-refractivity contribution in [3.63, 3.8) is 0 Å². The smallest absolute Gasteiger partial charge is 0.261 e. The van der Waals surface area contributed by atoms with E-state index in [1.165, 1.54) is 0 Å². The zero-order valence-corrected chi connectivity index (χ0v) is 12.4. The predicted molar refractivity (Wildman–Crippen MR) is 76.4 cm³/mol. The van der Waals surface area contributed by atoms with Gasteiger partial charge in [-0.1, -0.05) is 6.07 Å². The number of nitrogens with one attached hydrogen (secondary N) is 1. The van der Waals surface area contributed by atoms with Gasteiger partial charge in [0.05, 0.1) is 23.1 Å². The molecule has 1 aliphatic heterocycles. The molecule has 1 N–H and O–H groups in total. The topological polar surface area (TPSA) is 96.3 Å². The third kappa shape index (κ3) is 4.20. The monoisotopic (exact) mass is 308 g/mol. The number of sulfone groups is 1. The molecule has 0 radical (unpaired) electrons. The first-order valence-electron chi connectivity index (χ1n) is 6.57. The maximum atomic E-state index is 12.0. The van der Waals surface area contributed by atoms with E-state index in [1.807, 2.05) is 6.07 Å². The second kappa shape index (κ2) is 6.14. The van der Waals surface area contributed by atoms with Gasteiger partial charge in [0.2, 0.25) is 0 Å². The maximum absolute atomic E-state index is 12.0. The van der Waals surface area contributed by atoms with Crippen LogP contribution >= 0.6 is 0 Å². The quantitative estimate of drug-likeness (QED) is 0.880. The lowest BCUT2D eigenvalue weighted by molar-refractivity contribution is -0.127. The molecule has 1 aromatic rings. The highest BCUT2D eigenvalue weighted by molar-refractivity contribution is 7.91. The molecule has 0 saturated carbocycles. The van der Waals surface area contributed by atoms with Crippen LogP contribution in [0.15, 0.2) is 24.3 Å². The van der Waals surface area contributed by atoms with E-state index >= 15 is 0 Å². The van der Waals surface area contributed by atoms with E-state index in [0.29, 0.717) is 17.7 Å². The third-order valence-corrected chi connectivity index (χ3v) is 4.99. The molecule has 0 bridgehead atoms. The highest BCUT2D eigenvalue weighted by Gasteiger charge is 2.30. The van der Waals surface area contributed by atoms with Crippen molar-refractivity contribution in [2.45, 2.75) is 25.5 Å². The van der Waals surface area contributed by atoms with Crippen LogP contribution in [-0.2, 0) is 14.6 Å². The third-order valence-electron chi connectivity index (χ3n) is 3.22. The lowest BCUT2D eigenvalue weighted by Crippen LogP contribution is -2.43. The van der Waals surface area contributed by atoms with Crippen molar-refractivity contribution in [1.29, 1.82) is 5.26 Å². The number of rotatable bonds is 4. The normalized spacial score (nSPS) is 21.2. The highest BCUT2D eigenvalue weighted by atomic mass is 32.2. The Bertz CT molecular complexity index is 678. The number of nitriles is 1. The summed E-state index contributed by atoms with van der Waals surface area (Å²) in [6.45, 7) is 1.58. The number of hydrogen-bond acceptors (Lipinski definition) is 5. The molecule has 1 fully saturated rings. The molecule has 1 aliphatic rings. The number of nitrogens with zero attached hydrogens (tertiary/aromatic N) is 1. The standard InChI is InChI=1S/C14H16N2O4S/c1-10(20-13-4-2-3-11(7-13)8-15)14(17)16-12-5-6-21(18,19)9-12/h2-4,7,10,12H,5-6,9H2,1H3,(H,16,17)/t10-,12+/m1/s1. The van der Waals surface area contributed by atoms with Crippen molar-refractivity contribution in [1.82, 2.24) is 5.32 Å². The van der Waals surface area contributed by atoms with Crippen molar-refractivity contribution in [2.75, 3.05) is 11.5 Å². The van der Waals surface area contributed by atoms with Crippen LogP contribution in [0.25, 0.3) is 0 Å². The second-order valence-corrected chi connectivity index (χ2v) is 7.24. The van der Waals surface area contributed by atoms with Crippen LogP contribution in [0.5, 0.6) is 5.75 Å². The van der Waals surface area contributed by atoms with Crippen LogP contribution in [0.1, 0.15) is 18.9 Å². The molecule has 6 nitrogen and oxygen atoms in total. The Morgan fingerprint density at radius 2 is 2.29 bits per heavy atom. The Kier molecular flexibility index (Phi) is 4.48. The first kappa shape index (κ1) is 15.3. The Balaban J connectivity index is 1.92. The van der Waals surface area contributed by atoms with E-state index in [0.717, 1.165) is 0 Å². The summed E-state index contributed by atoms with van der Waals surface area (Å²) in [6.07, 6.45) is -0.327. The number of amides is 1. The van der Waals surface area contributed by atoms with E-state index < -0.39 is 15.9 Å². The molecule has 2 rings (SSSR count). The summed E-state index contributed by atoms with van der Waals surface area (Å²) in [5, 5.41) is 11.5. The van der Waals surface area contributed by atoms with Gasteiger partial charge in [-0.25, -0.2) is 8.42 Å². The lowest BCUT2D eigenvalue weighted by atomic mass is 10.2. The molecule has 7 heteroatoms. The van der Waals surface area contributed by atoms with Gasteiger partial charge in [-0.15, -0.1) is 0 Å². The van der Waals surface area contributed by atoms with E-state index in [4.69, 9.17) is 10.00 Å². The first-order valence-corrected chi connectivity index (χ1v) is 8.39.